The third kappa shape index (κ3) is 13.4. The van der Waals surface area contributed by atoms with E-state index in [1.165, 1.54) is 51.4 Å². The molecule has 33 heavy (non-hydrogen) atoms. The van der Waals surface area contributed by atoms with E-state index >= 15 is 0 Å². The van der Waals surface area contributed by atoms with Crippen LogP contribution < -0.4 is 0 Å². The Morgan fingerprint density at radius 3 is 1.79 bits per heavy atom. The molecule has 0 fully saturated rings. The number of hydrogen-bond acceptors (Lipinski definition) is 5. The van der Waals surface area contributed by atoms with Crippen molar-refractivity contribution in [3.63, 3.8) is 0 Å². The summed E-state index contributed by atoms with van der Waals surface area (Å²) in [4.78, 5) is 25.2. The van der Waals surface area contributed by atoms with Gasteiger partial charge in [0, 0.05) is 13.7 Å². The van der Waals surface area contributed by atoms with Gasteiger partial charge < -0.3 is 14.2 Å². The largest absolute Gasteiger partial charge is 0.462 e. The van der Waals surface area contributed by atoms with Crippen molar-refractivity contribution in [1.29, 1.82) is 0 Å². The number of hydrogen-bond donors (Lipinski definition) is 0. The molecule has 0 amide bonds. The van der Waals surface area contributed by atoms with Crippen LogP contribution in [0.4, 0.5) is 0 Å². The van der Waals surface area contributed by atoms with Gasteiger partial charge in [-0.15, -0.1) is 0 Å². The molecule has 5 heteroatoms. The number of unbranched alkanes of at least 4 members (excludes halogenated alkanes) is 8. The van der Waals surface area contributed by atoms with Crippen LogP contribution in [0.25, 0.3) is 0 Å². The summed E-state index contributed by atoms with van der Waals surface area (Å²) in [6.07, 6.45) is 14.6. The molecule has 1 aromatic rings. The van der Waals surface area contributed by atoms with Crippen LogP contribution in [0.2, 0.25) is 0 Å². The molecule has 1 rings (SSSR count). The summed E-state index contributed by atoms with van der Waals surface area (Å²) in [5, 5.41) is 0. The van der Waals surface area contributed by atoms with Gasteiger partial charge in [-0.05, 0) is 37.3 Å². The minimum atomic E-state index is -0.461. The van der Waals surface area contributed by atoms with Crippen molar-refractivity contribution in [3.05, 3.63) is 35.4 Å². The average Bonchev–Trinajstić information content (AvgIpc) is 2.83. The minimum absolute atomic E-state index is 0.279. The molecule has 0 aliphatic heterocycles. The van der Waals surface area contributed by atoms with Crippen molar-refractivity contribution in [1.82, 2.24) is 0 Å². The van der Waals surface area contributed by atoms with Gasteiger partial charge in [0.1, 0.15) is 0 Å². The van der Waals surface area contributed by atoms with Crippen LogP contribution in [0, 0.1) is 5.92 Å². The standard InChI is InChI=1S/C28H46O5/c1-4-6-8-9-10-11-15-21-32-27(29)25-17-13-14-18-26(25)28(30)33-23-20-24(19-22-31-3)16-12-7-5-2/h13-14,17-18,24H,4-12,15-16,19-23H2,1-3H3. The van der Waals surface area contributed by atoms with Gasteiger partial charge in [0.2, 0.25) is 0 Å². The highest BCUT2D eigenvalue weighted by molar-refractivity contribution is 6.03. The summed E-state index contributed by atoms with van der Waals surface area (Å²) in [6, 6.07) is 6.76. The first-order chi connectivity index (χ1) is 16.1. The Morgan fingerprint density at radius 2 is 1.18 bits per heavy atom. The van der Waals surface area contributed by atoms with Gasteiger partial charge in [-0.3, -0.25) is 0 Å². The molecule has 0 radical (unpaired) electrons. The summed E-state index contributed by atoms with van der Waals surface area (Å²) in [5.41, 5.74) is 0.561. The highest BCUT2D eigenvalue weighted by atomic mass is 16.5. The molecule has 1 atom stereocenters. The number of ether oxygens (including phenoxy) is 3. The van der Waals surface area contributed by atoms with Gasteiger partial charge >= 0.3 is 11.9 Å². The first-order valence-electron chi connectivity index (χ1n) is 13.1. The number of benzene rings is 1. The maximum absolute atomic E-state index is 12.7. The van der Waals surface area contributed by atoms with E-state index in [1.807, 2.05) is 0 Å². The predicted octanol–water partition coefficient (Wildman–Crippen LogP) is 7.37. The van der Waals surface area contributed by atoms with Crippen LogP contribution in [0.1, 0.15) is 118 Å². The monoisotopic (exact) mass is 462 g/mol. The van der Waals surface area contributed by atoms with Crippen LogP contribution in [-0.4, -0.2) is 38.9 Å². The maximum Gasteiger partial charge on any atom is 0.339 e. The van der Waals surface area contributed by atoms with Crippen molar-refractivity contribution in [3.8, 4) is 0 Å². The van der Waals surface area contributed by atoms with Crippen molar-refractivity contribution in [2.24, 2.45) is 5.92 Å². The summed E-state index contributed by atoms with van der Waals surface area (Å²) in [6.45, 7) is 5.86. The van der Waals surface area contributed by atoms with Gasteiger partial charge in [-0.25, -0.2) is 9.59 Å². The highest BCUT2D eigenvalue weighted by Crippen LogP contribution is 2.19. The Balaban J connectivity index is 2.46. The molecule has 0 aliphatic carbocycles. The van der Waals surface area contributed by atoms with E-state index in [0.717, 1.165) is 38.7 Å². The molecule has 0 heterocycles. The topological polar surface area (TPSA) is 61.8 Å². The molecule has 0 saturated carbocycles. The number of carbonyl (C=O) groups is 2. The van der Waals surface area contributed by atoms with Gasteiger partial charge in [-0.2, -0.15) is 0 Å². The molecule has 0 bridgehead atoms. The fourth-order valence-corrected chi connectivity index (χ4v) is 3.94. The molecule has 188 valence electrons. The minimum Gasteiger partial charge on any atom is -0.462 e. The van der Waals surface area contributed by atoms with E-state index in [0.29, 0.717) is 19.1 Å². The quantitative estimate of drug-likeness (QED) is 0.149. The van der Waals surface area contributed by atoms with E-state index in [1.54, 1.807) is 31.4 Å². The zero-order chi connectivity index (χ0) is 24.2. The third-order valence-electron chi connectivity index (χ3n) is 6.05. The Labute approximate surface area is 201 Å². The summed E-state index contributed by atoms with van der Waals surface area (Å²) in [7, 11) is 1.72. The molecule has 0 saturated heterocycles. The van der Waals surface area contributed by atoms with Crippen LogP contribution >= 0.6 is 0 Å². The van der Waals surface area contributed by atoms with E-state index in [9.17, 15) is 9.59 Å². The second-order valence-corrected chi connectivity index (χ2v) is 8.87. The van der Waals surface area contributed by atoms with Crippen molar-refractivity contribution in [2.45, 2.75) is 97.3 Å². The Kier molecular flexibility index (Phi) is 17.3. The molecule has 1 aromatic carbocycles. The second kappa shape index (κ2) is 19.6. The molecule has 0 aromatic heterocycles. The van der Waals surface area contributed by atoms with E-state index in [-0.39, 0.29) is 11.1 Å². The van der Waals surface area contributed by atoms with E-state index < -0.39 is 11.9 Å². The van der Waals surface area contributed by atoms with Crippen LogP contribution in [0.5, 0.6) is 0 Å². The van der Waals surface area contributed by atoms with E-state index in [2.05, 4.69) is 13.8 Å². The lowest BCUT2D eigenvalue weighted by Crippen LogP contribution is -2.16. The lowest BCUT2D eigenvalue weighted by atomic mass is 9.95. The SMILES string of the molecule is CCCCCCCCCOC(=O)c1ccccc1C(=O)OCCC(CCCCC)CCOC. The summed E-state index contributed by atoms with van der Waals surface area (Å²) >= 11 is 0. The predicted molar refractivity (Wildman–Crippen MR) is 134 cm³/mol. The normalized spacial score (nSPS) is 11.8. The van der Waals surface area contributed by atoms with Crippen molar-refractivity contribution in [2.75, 3.05) is 26.9 Å². The third-order valence-corrected chi connectivity index (χ3v) is 6.05. The number of carbonyl (C=O) groups excluding carboxylic acids is 2. The molecule has 0 N–H and O–H groups in total. The van der Waals surface area contributed by atoms with Gasteiger partial charge in [0.15, 0.2) is 0 Å². The first kappa shape index (κ1) is 29.2. The number of rotatable bonds is 20. The van der Waals surface area contributed by atoms with Crippen molar-refractivity contribution < 1.29 is 23.8 Å². The molecule has 0 aliphatic rings. The van der Waals surface area contributed by atoms with Crippen molar-refractivity contribution >= 4 is 11.9 Å². The lowest BCUT2D eigenvalue weighted by molar-refractivity contribution is 0.0436. The fourth-order valence-electron chi connectivity index (χ4n) is 3.94. The van der Waals surface area contributed by atoms with Gasteiger partial charge in [-0.1, -0.05) is 90.2 Å². The molecular weight excluding hydrogens is 416 g/mol. The van der Waals surface area contributed by atoms with Gasteiger partial charge in [0.05, 0.1) is 24.3 Å². The number of esters is 2. The van der Waals surface area contributed by atoms with Crippen LogP contribution in [0.15, 0.2) is 24.3 Å². The van der Waals surface area contributed by atoms with Crippen LogP contribution in [-0.2, 0) is 14.2 Å². The zero-order valence-corrected chi connectivity index (χ0v) is 21.2. The molecule has 5 nitrogen and oxygen atoms in total. The first-order valence-corrected chi connectivity index (χ1v) is 13.1. The Morgan fingerprint density at radius 1 is 0.667 bits per heavy atom. The molecule has 1 unspecified atom stereocenters. The Bertz CT molecular complexity index is 643. The second-order valence-electron chi connectivity index (χ2n) is 8.87. The smallest absolute Gasteiger partial charge is 0.339 e. The molecule has 0 spiro atoms. The summed E-state index contributed by atoms with van der Waals surface area (Å²) < 4.78 is 16.2. The highest BCUT2D eigenvalue weighted by Gasteiger charge is 2.19. The number of methoxy groups -OCH3 is 1. The molecular formula is C28H46O5. The average molecular weight is 463 g/mol. The van der Waals surface area contributed by atoms with Gasteiger partial charge in [0.25, 0.3) is 0 Å². The summed E-state index contributed by atoms with van der Waals surface area (Å²) in [5.74, 6) is -0.435. The van der Waals surface area contributed by atoms with Crippen LogP contribution in [0.3, 0.4) is 0 Å². The Hall–Kier alpha value is -1.88. The van der Waals surface area contributed by atoms with E-state index in [4.69, 9.17) is 14.2 Å². The maximum atomic E-state index is 12.7. The fraction of sp³-hybridized carbons (Fsp3) is 0.714. The lowest BCUT2D eigenvalue weighted by Gasteiger charge is -2.16. The zero-order valence-electron chi connectivity index (χ0n) is 21.2.